The first kappa shape index (κ1) is 90.0. The smallest absolute Gasteiger partial charge is 0.326 e. The second-order valence-corrected chi connectivity index (χ2v) is 28.7. The number of carboxylic acids is 1. The largest absolute Gasteiger partial charge is 0.480 e. The molecule has 40 nitrogen and oxygen atoms in total. The molecule has 4 fully saturated rings. The fourth-order valence-electron chi connectivity index (χ4n) is 14.2. The summed E-state index contributed by atoms with van der Waals surface area (Å²) in [5.74, 6) is -14.0. The minimum absolute atomic E-state index is 0.00155. The van der Waals surface area contributed by atoms with Crippen LogP contribution in [0, 0.1) is 11.8 Å². The standard InChI is InChI=1S/C70H111N21O19S/c71-23-9-7-19-45(83-56(98)33-80-54(96)31-78-52(94)29-77-53(95)30-79-55(97)32-81-60(100)44(73)38-111)61(101)84-46(20-8-10-24-72)62(102)85-47(21-11-25-76-70(74)75)66(106)89-26-12-22-49(89)68(108)91-36-43(93)28-51(91)63(103)82-34-57(99)87-58(39-13-1-2-14-39)65(105)86-48(37-92)67(107)90-35-42-18-6-5-17-41(42)27-50(90)64(104)88-59(69(109)110)40-15-3-4-16-40/h5-6,17-18,39-40,43-51,58-59,92-93,111H,1-4,7-16,19-38,71-73H2,(H,77,95)(H,78,94)(H,79,97)(H,80,96)(H,81,100)(H,82,103)(H,83,98)(H,84,101)(H,85,102)(H,86,105)(H,87,99)(H,88,104)(H,109,110)(H4,74,75,76)/t43-,44+,45+,46+,47+,48+,49+,50-,51+,58+,59+/m1/s1. The number of aliphatic carboxylic acids is 1. The second kappa shape index (κ2) is 46.1. The van der Waals surface area contributed by atoms with Gasteiger partial charge in [0.1, 0.15) is 54.4 Å². The van der Waals surface area contributed by atoms with Gasteiger partial charge in [-0.05, 0) is 126 Å². The number of carboxylic acid groups (broad SMARTS) is 1. The maximum atomic E-state index is 14.9. The van der Waals surface area contributed by atoms with Crippen LogP contribution in [0.4, 0.5) is 0 Å². The number of aliphatic hydroxyl groups excluding tert-OH is 2. The summed E-state index contributed by atoms with van der Waals surface area (Å²) in [6.45, 7) is -4.62. The molecule has 2 saturated heterocycles. The molecule has 2 aliphatic carbocycles. The Morgan fingerprint density at radius 2 is 1.00 bits per heavy atom. The van der Waals surface area contributed by atoms with Crippen LogP contribution in [0.15, 0.2) is 29.3 Å². The fourth-order valence-corrected chi connectivity index (χ4v) is 14.3. The first-order valence-corrected chi connectivity index (χ1v) is 38.5. The van der Waals surface area contributed by atoms with Crippen LogP contribution >= 0.6 is 12.6 Å². The Balaban J connectivity index is 1.06. The Bertz CT molecular complexity index is 3470. The number of amides is 15. The second-order valence-electron chi connectivity index (χ2n) is 28.3. The number of aliphatic imine (C=N–C) groups is 1. The van der Waals surface area contributed by atoms with Crippen molar-refractivity contribution in [3.8, 4) is 0 Å². The van der Waals surface area contributed by atoms with E-state index in [9.17, 15) is 92.0 Å². The van der Waals surface area contributed by atoms with Crippen molar-refractivity contribution in [1.29, 1.82) is 0 Å². The lowest BCUT2D eigenvalue weighted by molar-refractivity contribution is -0.148. The number of guanidine groups is 1. The molecule has 0 aromatic heterocycles. The predicted molar refractivity (Wildman–Crippen MR) is 401 cm³/mol. The summed E-state index contributed by atoms with van der Waals surface area (Å²) in [6.07, 6.45) is 5.52. The van der Waals surface area contributed by atoms with Crippen LogP contribution in [0.25, 0.3) is 0 Å². The highest BCUT2D eigenvalue weighted by Gasteiger charge is 2.47. The number of hydrogen-bond acceptors (Lipinski definition) is 23. The monoisotopic (exact) mass is 1580 g/mol. The summed E-state index contributed by atoms with van der Waals surface area (Å²) in [5.41, 5.74) is 29.7. The lowest BCUT2D eigenvalue weighted by Gasteiger charge is -2.38. The minimum atomic E-state index is -1.62. The topological polar surface area (TPSA) is 630 Å². The number of likely N-dealkylation sites (tertiary alicyclic amines) is 2. The third kappa shape index (κ3) is 28.5. The van der Waals surface area contributed by atoms with Crippen LogP contribution in [-0.4, -0.2) is 281 Å². The van der Waals surface area contributed by atoms with E-state index in [0.717, 1.165) is 23.3 Å². The Kier molecular flexibility index (Phi) is 37.4. The van der Waals surface area contributed by atoms with E-state index in [1.54, 1.807) is 24.3 Å². The quantitative estimate of drug-likeness (QED) is 0.0125. The SMILES string of the molecule is NCCCC[C@H](NC(=O)CNC(=O)CNC(=O)CNC(=O)CNC(=O)CNC(=O)[C@@H](N)CS)C(=O)N[C@@H](CCCCN)C(=O)N[C@@H](CCCN=C(N)N)C(=O)N1CCC[C@H]1C(=O)N1C[C@H](O)C[C@H]1C(=O)NCC(=O)N[C@H](C(=O)N[C@@H](CO)C(=O)N1Cc2ccccc2C[C@@H]1C(=O)N[C@H](C(=O)O)C1CCCC1)C1CCCC1. The van der Waals surface area contributed by atoms with Crippen LogP contribution < -0.4 is 92.5 Å². The van der Waals surface area contributed by atoms with E-state index in [1.807, 2.05) is 0 Å². The molecule has 5 aliphatic rings. The van der Waals surface area contributed by atoms with E-state index in [0.29, 0.717) is 69.8 Å². The molecule has 0 radical (unpaired) electrons. The molecule has 25 N–H and O–H groups in total. The van der Waals surface area contributed by atoms with Gasteiger partial charge in [-0.25, -0.2) is 4.79 Å². The molecule has 1 aromatic carbocycles. The molecule has 1 aromatic rings. The van der Waals surface area contributed by atoms with Crippen molar-refractivity contribution in [2.75, 3.05) is 84.4 Å². The number of rotatable bonds is 44. The summed E-state index contributed by atoms with van der Waals surface area (Å²) in [5, 5.41) is 61.6. The van der Waals surface area contributed by atoms with Crippen molar-refractivity contribution in [3.05, 3.63) is 35.4 Å². The summed E-state index contributed by atoms with van der Waals surface area (Å²) < 4.78 is 0. The van der Waals surface area contributed by atoms with Gasteiger partial charge in [-0.3, -0.25) is 76.9 Å². The number of nitrogens with zero attached hydrogens (tertiary/aromatic N) is 4. The molecule has 2 saturated carbocycles. The number of carbonyl (C=O) groups is 16. The van der Waals surface area contributed by atoms with Gasteiger partial charge in [-0.15, -0.1) is 0 Å². The molecule has 0 spiro atoms. The van der Waals surface area contributed by atoms with E-state index >= 15 is 0 Å². The average Bonchev–Trinajstić information content (AvgIpc) is 1.22. The zero-order valence-electron chi connectivity index (χ0n) is 62.4. The van der Waals surface area contributed by atoms with Gasteiger partial charge in [0.2, 0.25) is 88.6 Å². The molecule has 616 valence electrons. The molecule has 0 unspecified atom stereocenters. The molecule has 6 rings (SSSR count). The number of thiol groups is 1. The maximum Gasteiger partial charge on any atom is 0.326 e. The van der Waals surface area contributed by atoms with E-state index < -0.39 is 213 Å². The van der Waals surface area contributed by atoms with Gasteiger partial charge in [-0.1, -0.05) is 49.9 Å². The van der Waals surface area contributed by atoms with Gasteiger partial charge in [0.25, 0.3) is 0 Å². The molecule has 41 heteroatoms. The molecule has 111 heavy (non-hydrogen) atoms. The molecule has 11 atom stereocenters. The van der Waals surface area contributed by atoms with Crippen molar-refractivity contribution < 1.29 is 92.0 Å². The number of hydrogen-bond donors (Lipinski definition) is 21. The molecule has 15 amide bonds. The third-order valence-electron chi connectivity index (χ3n) is 20.1. The fraction of sp³-hybridized carbons (Fsp3) is 0.671. The number of fused-ring (bicyclic) bond motifs is 1. The summed E-state index contributed by atoms with van der Waals surface area (Å²) in [7, 11) is 0. The van der Waals surface area contributed by atoms with E-state index in [4.69, 9.17) is 28.7 Å². The normalized spacial score (nSPS) is 19.4. The molecule has 0 bridgehead atoms. The Labute approximate surface area is 647 Å². The van der Waals surface area contributed by atoms with Crippen molar-refractivity contribution in [2.24, 2.45) is 45.5 Å². The van der Waals surface area contributed by atoms with E-state index in [1.165, 1.54) is 9.80 Å². The van der Waals surface area contributed by atoms with Crippen LogP contribution in [0.1, 0.15) is 133 Å². The number of aliphatic hydroxyl groups is 2. The number of carbonyl (C=O) groups excluding carboxylic acids is 15. The van der Waals surface area contributed by atoms with Crippen LogP contribution in [0.2, 0.25) is 0 Å². The van der Waals surface area contributed by atoms with E-state index in [-0.39, 0.29) is 108 Å². The van der Waals surface area contributed by atoms with Gasteiger partial charge in [0, 0.05) is 44.8 Å². The zero-order chi connectivity index (χ0) is 81.3. The summed E-state index contributed by atoms with van der Waals surface area (Å²) >= 11 is 3.90. The Morgan fingerprint density at radius 1 is 0.505 bits per heavy atom. The molecular formula is C70H111N21O19S. The maximum absolute atomic E-state index is 14.9. The van der Waals surface area contributed by atoms with Gasteiger partial charge in [-0.2, -0.15) is 12.6 Å². The van der Waals surface area contributed by atoms with Crippen LogP contribution in [0.5, 0.6) is 0 Å². The highest BCUT2D eigenvalue weighted by molar-refractivity contribution is 7.80. The number of nitrogens with one attached hydrogen (secondary N) is 12. The van der Waals surface area contributed by atoms with Crippen LogP contribution in [-0.2, 0) is 89.7 Å². The molecule has 3 aliphatic heterocycles. The van der Waals surface area contributed by atoms with Crippen molar-refractivity contribution in [3.63, 3.8) is 0 Å². The van der Waals surface area contributed by atoms with Crippen molar-refractivity contribution >= 4 is 113 Å². The van der Waals surface area contributed by atoms with Crippen molar-refractivity contribution in [2.45, 2.75) is 201 Å². The Morgan fingerprint density at radius 3 is 1.55 bits per heavy atom. The van der Waals surface area contributed by atoms with Crippen LogP contribution in [0.3, 0.4) is 0 Å². The van der Waals surface area contributed by atoms with Gasteiger partial charge < -0.3 is 122 Å². The number of nitrogens with two attached hydrogens (primary N) is 5. The third-order valence-corrected chi connectivity index (χ3v) is 20.5. The highest BCUT2D eigenvalue weighted by atomic mass is 32.1. The number of β-amino-alcohol motifs (C(OH)–C–C–N with tert-alkyl or cyclic N) is 1. The van der Waals surface area contributed by atoms with Crippen molar-refractivity contribution in [1.82, 2.24) is 78.5 Å². The lowest BCUT2D eigenvalue weighted by Crippen LogP contribution is -2.62. The highest BCUT2D eigenvalue weighted by Crippen LogP contribution is 2.32. The van der Waals surface area contributed by atoms with Gasteiger partial charge in [0.05, 0.1) is 58.0 Å². The first-order valence-electron chi connectivity index (χ1n) is 37.8. The lowest BCUT2D eigenvalue weighted by atomic mass is 9.91. The number of benzene rings is 1. The van der Waals surface area contributed by atoms with E-state index in [2.05, 4.69) is 81.4 Å². The Hall–Kier alpha value is -9.84. The average molecular weight is 1580 g/mol. The summed E-state index contributed by atoms with van der Waals surface area (Å²) in [6, 6.07) is -5.82. The van der Waals surface area contributed by atoms with Gasteiger partial charge in [0.15, 0.2) is 5.96 Å². The zero-order valence-corrected chi connectivity index (χ0v) is 63.2. The first-order chi connectivity index (χ1) is 53.1. The minimum Gasteiger partial charge on any atom is -0.480 e. The molecule has 3 heterocycles. The summed E-state index contributed by atoms with van der Waals surface area (Å²) in [4.78, 5) is 224. The number of unbranched alkanes of at least 4 members (excludes halogenated alkanes) is 2. The molecular weight excluding hydrogens is 1470 g/mol. The van der Waals surface area contributed by atoms with Gasteiger partial charge >= 0.3 is 5.97 Å². The predicted octanol–water partition coefficient (Wildman–Crippen LogP) is -8.48.